The quantitative estimate of drug-likeness (QED) is 0.761. The molecule has 0 aromatic carbocycles. The Morgan fingerprint density at radius 3 is 2.77 bits per heavy atom. The number of oxazole rings is 1. The molecule has 1 aliphatic rings. The van der Waals surface area contributed by atoms with Gasteiger partial charge in [-0.3, -0.25) is 14.7 Å². The van der Waals surface area contributed by atoms with Crippen LogP contribution >= 0.6 is 0 Å². The van der Waals surface area contributed by atoms with Gasteiger partial charge in [0.05, 0.1) is 17.4 Å². The Kier molecular flexibility index (Phi) is 3.90. The van der Waals surface area contributed by atoms with E-state index in [0.717, 1.165) is 25.0 Å². The molecular weight excluding hydrogens is 334 g/mol. The fourth-order valence-electron chi connectivity index (χ4n) is 3.66. The number of piperidine rings is 1. The number of hydrogen-bond acceptors (Lipinski definition) is 5. The van der Waals surface area contributed by atoms with Gasteiger partial charge in [0.2, 0.25) is 5.76 Å². The summed E-state index contributed by atoms with van der Waals surface area (Å²) < 4.78 is 6.95. The summed E-state index contributed by atoms with van der Waals surface area (Å²) in [5, 5.41) is 3.12. The molecule has 0 saturated carbocycles. The lowest BCUT2D eigenvalue weighted by Gasteiger charge is -2.34. The number of carbonyl (C=O) groups excluding carboxylic acids is 1. The van der Waals surface area contributed by atoms with Crippen LogP contribution < -0.4 is 5.56 Å². The molecule has 8 nitrogen and oxygen atoms in total. The summed E-state index contributed by atoms with van der Waals surface area (Å²) in [6.45, 7) is 5.94. The molecule has 1 atom stereocenters. The van der Waals surface area contributed by atoms with Crippen LogP contribution in [0.25, 0.3) is 5.65 Å². The van der Waals surface area contributed by atoms with Gasteiger partial charge in [-0.2, -0.15) is 0 Å². The Hall–Kier alpha value is -2.90. The highest BCUT2D eigenvalue weighted by molar-refractivity contribution is 5.92. The zero-order chi connectivity index (χ0) is 18.4. The maximum atomic E-state index is 13.0. The van der Waals surface area contributed by atoms with E-state index in [4.69, 9.17) is 4.42 Å². The van der Waals surface area contributed by atoms with Crippen LogP contribution in [0.3, 0.4) is 0 Å². The molecule has 0 bridgehead atoms. The monoisotopic (exact) mass is 355 g/mol. The van der Waals surface area contributed by atoms with Crippen molar-refractivity contribution >= 4 is 11.6 Å². The van der Waals surface area contributed by atoms with Crippen molar-refractivity contribution in [3.05, 3.63) is 51.2 Å². The smallest absolute Gasteiger partial charge is 0.292 e. The van der Waals surface area contributed by atoms with E-state index in [1.165, 1.54) is 10.6 Å². The minimum atomic E-state index is -0.164. The molecule has 1 saturated heterocycles. The van der Waals surface area contributed by atoms with Crippen molar-refractivity contribution in [3.8, 4) is 0 Å². The van der Waals surface area contributed by atoms with Crippen LogP contribution in [0.2, 0.25) is 0 Å². The minimum absolute atomic E-state index is 0.150. The number of aryl methyl sites for hydroxylation is 3. The number of amides is 1. The van der Waals surface area contributed by atoms with Crippen LogP contribution in [-0.4, -0.2) is 36.9 Å². The summed E-state index contributed by atoms with van der Waals surface area (Å²) >= 11 is 0. The first-order chi connectivity index (χ1) is 12.4. The van der Waals surface area contributed by atoms with Gasteiger partial charge in [0.15, 0.2) is 11.5 Å². The molecule has 26 heavy (non-hydrogen) atoms. The van der Waals surface area contributed by atoms with Crippen molar-refractivity contribution in [1.29, 1.82) is 0 Å². The third kappa shape index (κ3) is 2.71. The predicted octanol–water partition coefficient (Wildman–Crippen LogP) is 2.30. The SMILES string of the molecule is Cc1cc(=O)n2[nH]c([C@@H]3CCCCN3C(=O)c3oc(C)nc3C)cc2n1. The Morgan fingerprint density at radius 2 is 2.04 bits per heavy atom. The highest BCUT2D eigenvalue weighted by Gasteiger charge is 2.33. The lowest BCUT2D eigenvalue weighted by molar-refractivity contribution is 0.0570. The number of hydrogen-bond donors (Lipinski definition) is 1. The van der Waals surface area contributed by atoms with Gasteiger partial charge in [-0.25, -0.2) is 14.5 Å². The molecule has 0 spiro atoms. The van der Waals surface area contributed by atoms with Gasteiger partial charge >= 0.3 is 0 Å². The first kappa shape index (κ1) is 16.6. The number of carbonyl (C=O) groups is 1. The highest BCUT2D eigenvalue weighted by Crippen LogP contribution is 2.32. The van der Waals surface area contributed by atoms with Gasteiger partial charge in [-0.05, 0) is 33.1 Å². The van der Waals surface area contributed by atoms with Crippen molar-refractivity contribution in [2.75, 3.05) is 6.54 Å². The Morgan fingerprint density at radius 1 is 1.23 bits per heavy atom. The molecule has 3 aromatic heterocycles. The lowest BCUT2D eigenvalue weighted by Crippen LogP contribution is -2.39. The van der Waals surface area contributed by atoms with Gasteiger partial charge < -0.3 is 9.32 Å². The summed E-state index contributed by atoms with van der Waals surface area (Å²) in [5.41, 5.74) is 2.48. The van der Waals surface area contributed by atoms with E-state index < -0.39 is 0 Å². The molecule has 1 aliphatic heterocycles. The fraction of sp³-hybridized carbons (Fsp3) is 0.444. The molecule has 0 unspecified atom stereocenters. The van der Waals surface area contributed by atoms with Gasteiger partial charge in [-0.1, -0.05) is 0 Å². The van der Waals surface area contributed by atoms with E-state index in [2.05, 4.69) is 15.1 Å². The average Bonchev–Trinajstić information content (AvgIpc) is 3.17. The summed E-state index contributed by atoms with van der Waals surface area (Å²) in [4.78, 5) is 35.6. The fourth-order valence-corrected chi connectivity index (χ4v) is 3.66. The number of nitrogens with zero attached hydrogens (tertiary/aromatic N) is 4. The second kappa shape index (κ2) is 6.12. The van der Waals surface area contributed by atoms with E-state index in [1.54, 1.807) is 25.7 Å². The zero-order valence-electron chi connectivity index (χ0n) is 15.1. The molecule has 0 aliphatic carbocycles. The molecule has 1 fully saturated rings. The largest absolute Gasteiger partial charge is 0.436 e. The number of H-pyrrole nitrogens is 1. The minimum Gasteiger partial charge on any atom is -0.436 e. The standard InChI is InChI=1S/C18H21N5O3/c1-10-8-16(24)23-15(19-10)9-13(21-23)14-6-4-5-7-22(14)18(25)17-11(2)20-12(3)26-17/h8-9,14,21H,4-7H2,1-3H3/t14-/m0/s1. The number of fused-ring (bicyclic) bond motifs is 1. The summed E-state index contributed by atoms with van der Waals surface area (Å²) in [7, 11) is 0. The molecule has 1 amide bonds. The van der Waals surface area contributed by atoms with Crippen LogP contribution in [0.4, 0.5) is 0 Å². The van der Waals surface area contributed by atoms with Crippen molar-refractivity contribution in [1.82, 2.24) is 24.5 Å². The van der Waals surface area contributed by atoms with E-state index in [9.17, 15) is 9.59 Å². The zero-order valence-corrected chi connectivity index (χ0v) is 15.1. The van der Waals surface area contributed by atoms with E-state index in [0.29, 0.717) is 29.5 Å². The predicted molar refractivity (Wildman–Crippen MR) is 94.2 cm³/mol. The summed E-state index contributed by atoms with van der Waals surface area (Å²) in [6.07, 6.45) is 2.77. The van der Waals surface area contributed by atoms with E-state index in [-0.39, 0.29) is 23.3 Å². The topological polar surface area (TPSA) is 96.5 Å². The summed E-state index contributed by atoms with van der Waals surface area (Å²) in [5.74, 6) is 0.607. The third-order valence-corrected chi connectivity index (χ3v) is 4.82. The van der Waals surface area contributed by atoms with Crippen molar-refractivity contribution in [3.63, 3.8) is 0 Å². The van der Waals surface area contributed by atoms with Crippen LogP contribution in [0, 0.1) is 20.8 Å². The molecular formula is C18H21N5O3. The molecule has 4 heterocycles. The molecule has 136 valence electrons. The second-order valence-electron chi connectivity index (χ2n) is 6.80. The van der Waals surface area contributed by atoms with Crippen molar-refractivity contribution in [2.45, 2.75) is 46.1 Å². The van der Waals surface area contributed by atoms with E-state index >= 15 is 0 Å². The maximum absolute atomic E-state index is 13.0. The van der Waals surface area contributed by atoms with Crippen LogP contribution in [-0.2, 0) is 0 Å². The van der Waals surface area contributed by atoms with Crippen LogP contribution in [0.1, 0.15) is 58.8 Å². The van der Waals surface area contributed by atoms with Crippen LogP contribution in [0.15, 0.2) is 21.3 Å². The Balaban J connectivity index is 1.74. The average molecular weight is 355 g/mol. The number of nitrogens with one attached hydrogen (secondary N) is 1. The normalized spacial score (nSPS) is 17.8. The first-order valence-corrected chi connectivity index (χ1v) is 8.78. The van der Waals surface area contributed by atoms with Gasteiger partial charge in [0.25, 0.3) is 11.5 Å². The molecule has 3 aromatic rings. The van der Waals surface area contributed by atoms with Gasteiger partial charge in [0, 0.05) is 31.3 Å². The number of likely N-dealkylation sites (tertiary alicyclic amines) is 1. The van der Waals surface area contributed by atoms with E-state index in [1.807, 2.05) is 6.07 Å². The highest BCUT2D eigenvalue weighted by atomic mass is 16.4. The number of aromatic amines is 1. The lowest BCUT2D eigenvalue weighted by atomic mass is 9.99. The van der Waals surface area contributed by atoms with Crippen molar-refractivity contribution < 1.29 is 9.21 Å². The number of aromatic nitrogens is 4. The summed E-state index contributed by atoms with van der Waals surface area (Å²) in [6, 6.07) is 3.18. The molecule has 4 rings (SSSR count). The Labute approximate surface area is 149 Å². The van der Waals surface area contributed by atoms with Crippen molar-refractivity contribution in [2.24, 2.45) is 0 Å². The second-order valence-corrected chi connectivity index (χ2v) is 6.80. The van der Waals surface area contributed by atoms with Gasteiger partial charge in [0.1, 0.15) is 0 Å². The third-order valence-electron chi connectivity index (χ3n) is 4.82. The Bertz CT molecular complexity index is 1040. The van der Waals surface area contributed by atoms with Crippen LogP contribution in [0.5, 0.6) is 0 Å². The molecule has 1 N–H and O–H groups in total. The molecule has 8 heteroatoms. The number of rotatable bonds is 2. The van der Waals surface area contributed by atoms with Gasteiger partial charge in [-0.15, -0.1) is 0 Å². The molecule has 0 radical (unpaired) electrons. The maximum Gasteiger partial charge on any atom is 0.292 e. The first-order valence-electron chi connectivity index (χ1n) is 8.78.